The average molecular weight is 258 g/mol. The van der Waals surface area contributed by atoms with E-state index >= 15 is 0 Å². The van der Waals surface area contributed by atoms with Crippen molar-refractivity contribution >= 4 is 8.32 Å². The second-order valence-electron chi connectivity index (χ2n) is 6.10. The minimum absolute atomic E-state index is 0.124. The van der Waals surface area contributed by atoms with Crippen LogP contribution in [0.5, 0.6) is 0 Å². The molecule has 0 bridgehead atoms. The van der Waals surface area contributed by atoms with Crippen LogP contribution in [0.1, 0.15) is 27.2 Å². The van der Waals surface area contributed by atoms with Crippen molar-refractivity contribution in [3.63, 3.8) is 0 Å². The highest BCUT2D eigenvalue weighted by molar-refractivity contribution is 6.74. The SMILES string of the molecule is CO[C@@H]1C=CC[C@@H](CO[Si](C)(C)C(C)(C)C)O1. The maximum Gasteiger partial charge on any atom is 0.192 e. The zero-order valence-corrected chi connectivity index (χ0v) is 12.9. The van der Waals surface area contributed by atoms with Gasteiger partial charge in [0.15, 0.2) is 14.6 Å². The van der Waals surface area contributed by atoms with Gasteiger partial charge in [-0.2, -0.15) is 0 Å². The highest BCUT2D eigenvalue weighted by Crippen LogP contribution is 2.36. The van der Waals surface area contributed by atoms with Crippen LogP contribution in [0, 0.1) is 0 Å². The van der Waals surface area contributed by atoms with Crippen LogP contribution in [-0.2, 0) is 13.9 Å². The first-order valence-corrected chi connectivity index (χ1v) is 9.16. The molecule has 1 aliphatic heterocycles. The van der Waals surface area contributed by atoms with Crippen molar-refractivity contribution in [2.45, 2.75) is 57.7 Å². The Balaban J connectivity index is 2.44. The lowest BCUT2D eigenvalue weighted by molar-refractivity contribution is -0.140. The van der Waals surface area contributed by atoms with Crippen molar-refractivity contribution in [2.24, 2.45) is 0 Å². The Labute approximate surface area is 106 Å². The van der Waals surface area contributed by atoms with Gasteiger partial charge in [0, 0.05) is 7.11 Å². The second kappa shape index (κ2) is 5.65. The molecule has 0 aromatic heterocycles. The molecule has 0 aromatic carbocycles. The maximum absolute atomic E-state index is 6.15. The minimum Gasteiger partial charge on any atom is -0.414 e. The van der Waals surface area contributed by atoms with Gasteiger partial charge in [-0.15, -0.1) is 0 Å². The van der Waals surface area contributed by atoms with E-state index in [1.807, 2.05) is 6.08 Å². The molecule has 3 nitrogen and oxygen atoms in total. The number of rotatable bonds is 4. The van der Waals surface area contributed by atoms with Crippen LogP contribution in [-0.4, -0.2) is 34.4 Å². The molecule has 1 rings (SSSR count). The average Bonchev–Trinajstić information content (AvgIpc) is 2.25. The third kappa shape index (κ3) is 4.21. The Bertz CT molecular complexity index is 268. The molecule has 0 N–H and O–H groups in total. The Morgan fingerprint density at radius 3 is 2.53 bits per heavy atom. The van der Waals surface area contributed by atoms with Crippen molar-refractivity contribution in [3.05, 3.63) is 12.2 Å². The number of ether oxygens (including phenoxy) is 2. The van der Waals surface area contributed by atoms with Crippen LogP contribution in [0.3, 0.4) is 0 Å². The van der Waals surface area contributed by atoms with Gasteiger partial charge in [0.05, 0.1) is 12.7 Å². The van der Waals surface area contributed by atoms with E-state index in [1.165, 1.54) is 0 Å². The summed E-state index contributed by atoms with van der Waals surface area (Å²) in [6.07, 6.45) is 4.88. The molecule has 0 fully saturated rings. The summed E-state index contributed by atoms with van der Waals surface area (Å²) in [6.45, 7) is 11.9. The molecule has 1 aliphatic rings. The summed E-state index contributed by atoms with van der Waals surface area (Å²) in [6, 6.07) is 0. The highest BCUT2D eigenvalue weighted by Gasteiger charge is 2.37. The molecule has 1 heterocycles. The van der Waals surface area contributed by atoms with E-state index in [0.29, 0.717) is 6.61 Å². The van der Waals surface area contributed by atoms with Gasteiger partial charge in [-0.1, -0.05) is 26.8 Å². The zero-order chi connectivity index (χ0) is 13.1. The molecule has 0 saturated heterocycles. The quantitative estimate of drug-likeness (QED) is 0.572. The van der Waals surface area contributed by atoms with Gasteiger partial charge in [-0.3, -0.25) is 0 Å². The number of hydrogen-bond acceptors (Lipinski definition) is 3. The molecule has 2 atom stereocenters. The fourth-order valence-corrected chi connectivity index (χ4v) is 2.43. The van der Waals surface area contributed by atoms with E-state index in [4.69, 9.17) is 13.9 Å². The van der Waals surface area contributed by atoms with Crippen LogP contribution >= 0.6 is 0 Å². The van der Waals surface area contributed by atoms with E-state index in [9.17, 15) is 0 Å². The van der Waals surface area contributed by atoms with Crippen molar-refractivity contribution < 1.29 is 13.9 Å². The Kier molecular flexibility index (Phi) is 4.95. The van der Waals surface area contributed by atoms with Gasteiger partial charge in [0.2, 0.25) is 0 Å². The lowest BCUT2D eigenvalue weighted by Crippen LogP contribution is -2.43. The van der Waals surface area contributed by atoms with Crippen molar-refractivity contribution in [1.82, 2.24) is 0 Å². The summed E-state index contributed by atoms with van der Waals surface area (Å²) in [5.41, 5.74) is 0. The van der Waals surface area contributed by atoms with Gasteiger partial charge in [0.1, 0.15) is 0 Å². The molecule has 17 heavy (non-hydrogen) atoms. The van der Waals surface area contributed by atoms with Gasteiger partial charge >= 0.3 is 0 Å². The fraction of sp³-hybridized carbons (Fsp3) is 0.846. The Hall–Kier alpha value is -0.163. The largest absolute Gasteiger partial charge is 0.414 e. The fourth-order valence-electron chi connectivity index (χ4n) is 1.39. The molecule has 0 amide bonds. The van der Waals surface area contributed by atoms with Crippen molar-refractivity contribution in [2.75, 3.05) is 13.7 Å². The van der Waals surface area contributed by atoms with Crippen LogP contribution < -0.4 is 0 Å². The molecule has 0 aromatic rings. The molecule has 0 aliphatic carbocycles. The van der Waals surface area contributed by atoms with E-state index in [0.717, 1.165) is 6.42 Å². The molecule has 4 heteroatoms. The molecule has 0 unspecified atom stereocenters. The summed E-state index contributed by atoms with van der Waals surface area (Å²) in [7, 11) is -0.00717. The van der Waals surface area contributed by atoms with E-state index < -0.39 is 8.32 Å². The first-order chi connectivity index (χ1) is 7.76. The lowest BCUT2D eigenvalue weighted by Gasteiger charge is -2.37. The smallest absolute Gasteiger partial charge is 0.192 e. The lowest BCUT2D eigenvalue weighted by atomic mass is 10.2. The summed E-state index contributed by atoms with van der Waals surface area (Å²) in [5.74, 6) is 0. The molecular formula is C13H26O3Si. The first kappa shape index (κ1) is 14.9. The molecule has 0 saturated carbocycles. The minimum atomic E-state index is -1.67. The predicted octanol–water partition coefficient (Wildman–Crippen LogP) is 3.33. The Morgan fingerprint density at radius 1 is 1.35 bits per heavy atom. The van der Waals surface area contributed by atoms with Crippen LogP contribution in [0.4, 0.5) is 0 Å². The first-order valence-electron chi connectivity index (χ1n) is 6.25. The highest BCUT2D eigenvalue weighted by atomic mass is 28.4. The standard InChI is InChI=1S/C13H26O3Si/c1-13(2,3)17(5,6)15-10-11-8-7-9-12(14-4)16-11/h7,9,11-12H,8,10H2,1-6H3/t11-,12-/m0/s1. The number of hydrogen-bond donors (Lipinski definition) is 0. The van der Waals surface area contributed by atoms with E-state index in [2.05, 4.69) is 39.9 Å². The summed E-state index contributed by atoms with van der Waals surface area (Å²) in [4.78, 5) is 0. The Morgan fingerprint density at radius 2 is 2.00 bits per heavy atom. The summed E-state index contributed by atoms with van der Waals surface area (Å²) >= 11 is 0. The van der Waals surface area contributed by atoms with Crippen molar-refractivity contribution in [3.8, 4) is 0 Å². The predicted molar refractivity (Wildman–Crippen MR) is 72.6 cm³/mol. The van der Waals surface area contributed by atoms with E-state index in [-0.39, 0.29) is 17.4 Å². The summed E-state index contributed by atoms with van der Waals surface area (Å²) < 4.78 is 17.0. The maximum atomic E-state index is 6.15. The molecule has 100 valence electrons. The topological polar surface area (TPSA) is 27.7 Å². The van der Waals surface area contributed by atoms with Crippen LogP contribution in [0.2, 0.25) is 18.1 Å². The van der Waals surface area contributed by atoms with Gasteiger partial charge in [0.25, 0.3) is 0 Å². The molecular weight excluding hydrogens is 232 g/mol. The van der Waals surface area contributed by atoms with Gasteiger partial charge in [-0.05, 0) is 30.6 Å². The molecule has 0 spiro atoms. The third-order valence-electron chi connectivity index (χ3n) is 3.69. The normalized spacial score (nSPS) is 26.2. The second-order valence-corrected chi connectivity index (χ2v) is 10.9. The zero-order valence-electron chi connectivity index (χ0n) is 11.9. The summed E-state index contributed by atoms with van der Waals surface area (Å²) in [5, 5.41) is 0.248. The van der Waals surface area contributed by atoms with Crippen LogP contribution in [0.15, 0.2) is 12.2 Å². The van der Waals surface area contributed by atoms with Crippen LogP contribution in [0.25, 0.3) is 0 Å². The number of methoxy groups -OCH3 is 1. The monoisotopic (exact) mass is 258 g/mol. The third-order valence-corrected chi connectivity index (χ3v) is 8.19. The van der Waals surface area contributed by atoms with E-state index in [1.54, 1.807) is 7.11 Å². The van der Waals surface area contributed by atoms with Gasteiger partial charge in [-0.25, -0.2) is 0 Å². The molecule has 0 radical (unpaired) electrons. The van der Waals surface area contributed by atoms with Crippen molar-refractivity contribution in [1.29, 1.82) is 0 Å². The van der Waals surface area contributed by atoms with Gasteiger partial charge < -0.3 is 13.9 Å².